The molecule has 13 rings (SSSR count). The van der Waals surface area contributed by atoms with Crippen LogP contribution in [-0.2, 0) is 21.7 Å². The molecule has 11 aromatic rings. The summed E-state index contributed by atoms with van der Waals surface area (Å²) in [5.41, 5.74) is 10.6. The van der Waals surface area contributed by atoms with Gasteiger partial charge in [-0.3, -0.25) is 0 Å². The van der Waals surface area contributed by atoms with Gasteiger partial charge in [-0.05, 0) is 157 Å². The molecule has 8 bridgehead atoms. The summed E-state index contributed by atoms with van der Waals surface area (Å²) in [6, 6.07) is 44.6. The molecule has 3 aromatic heterocycles. The molecule has 2 aliphatic heterocycles. The van der Waals surface area contributed by atoms with Crippen molar-refractivity contribution in [3.63, 3.8) is 0 Å². The normalized spacial score (nSPS) is 13.0. The monoisotopic (exact) mass is 1090 g/mol. The van der Waals surface area contributed by atoms with Crippen LogP contribution in [-0.4, -0.2) is 53.1 Å². The van der Waals surface area contributed by atoms with Gasteiger partial charge in [-0.25, -0.2) is 9.97 Å². The Morgan fingerprint density at radius 1 is 0.284 bits per heavy atom. The quantitative estimate of drug-likeness (QED) is 0.148. The van der Waals surface area contributed by atoms with Gasteiger partial charge < -0.3 is 29.9 Å². The van der Waals surface area contributed by atoms with Gasteiger partial charge in [0.2, 0.25) is 0 Å². The van der Waals surface area contributed by atoms with Crippen molar-refractivity contribution in [2.45, 2.75) is 105 Å². The third kappa shape index (κ3) is 8.22. The predicted octanol–water partition coefficient (Wildman–Crippen LogP) is 16.2. The summed E-state index contributed by atoms with van der Waals surface area (Å²) in [5, 5.41) is 12.4. The van der Waals surface area contributed by atoms with Gasteiger partial charge in [0.15, 0.2) is 0 Å². The maximum atomic E-state index is 5.43. The van der Waals surface area contributed by atoms with E-state index < -0.39 is 0 Å². The van der Waals surface area contributed by atoms with Gasteiger partial charge >= 0.3 is 31.8 Å². The van der Waals surface area contributed by atoms with Gasteiger partial charge in [0.1, 0.15) is 0 Å². The van der Waals surface area contributed by atoms with E-state index in [1.54, 1.807) is 0 Å². The van der Waals surface area contributed by atoms with Gasteiger partial charge in [-0.1, -0.05) is 156 Å². The minimum atomic E-state index is -0.0320. The molecule has 0 spiro atoms. The standard InChI is InChI=1S/C64H56N8.ClH.In/c1-61(2,3)41-17-13-33-25-45-49(29-37(33)21-41)57-65-53(45)70-58-51-31-39-23-43(63(7,8)9)19-15-35(39)27-47(51)55(67-58)72-60-52-32-40-24-44(64(10,11)12)20-16-36(40)28-48(52)56(68-60)71-59-50-30-38-22-42(62(4,5)6)18-14-34(38)26-46(50)54(66-59)69-57;;/h13-32H,1-12H3;1H;/q-2;;+1/p-1. The number of rotatable bonds is 0. The summed E-state index contributed by atoms with van der Waals surface area (Å²) in [6.07, 6.45) is 0. The van der Waals surface area contributed by atoms with Crippen molar-refractivity contribution in [2.75, 3.05) is 0 Å². The third-order valence-corrected chi connectivity index (χ3v) is 15.0. The summed E-state index contributed by atoms with van der Waals surface area (Å²) < 4.78 is 0. The Balaban J connectivity index is 0.00000275. The van der Waals surface area contributed by atoms with Crippen LogP contribution in [0.5, 0.6) is 0 Å². The van der Waals surface area contributed by atoms with Crippen molar-refractivity contribution in [2.24, 2.45) is 0 Å². The first-order chi connectivity index (χ1) is 35.1. The molecular weight excluding hydrogens is 1030 g/mol. The Hall–Kier alpha value is -6.68. The molecule has 8 aromatic carbocycles. The van der Waals surface area contributed by atoms with E-state index in [4.69, 9.17) is 48.4 Å². The zero-order chi connectivity index (χ0) is 52.0. The molecule has 364 valence electrons. The van der Waals surface area contributed by atoms with E-state index in [0.29, 0.717) is 45.9 Å². The summed E-state index contributed by atoms with van der Waals surface area (Å²) >= 11 is 0.822. The van der Waals surface area contributed by atoms with Gasteiger partial charge in [-0.2, -0.15) is 0 Å². The van der Waals surface area contributed by atoms with Gasteiger partial charge in [0.05, 0.1) is 23.3 Å². The molecule has 0 N–H and O–H groups in total. The van der Waals surface area contributed by atoms with Crippen molar-refractivity contribution in [3.05, 3.63) is 144 Å². The fourth-order valence-corrected chi connectivity index (χ4v) is 10.5. The van der Waals surface area contributed by atoms with Crippen molar-refractivity contribution < 1.29 is 0 Å². The number of halogens is 1. The van der Waals surface area contributed by atoms with Crippen LogP contribution in [0.1, 0.15) is 105 Å². The molecular formula is C64H56ClInN8-2. The van der Waals surface area contributed by atoms with Gasteiger partial charge in [0.25, 0.3) is 0 Å². The van der Waals surface area contributed by atoms with Crippen LogP contribution in [0.25, 0.3) is 133 Å². The Kier molecular flexibility index (Phi) is 11.0. The van der Waals surface area contributed by atoms with E-state index in [9.17, 15) is 0 Å². The first-order valence-corrected chi connectivity index (χ1v) is 29.5. The number of hydrogen-bond acceptors (Lipinski definition) is 6. The van der Waals surface area contributed by atoms with Crippen molar-refractivity contribution in [3.8, 4) is 45.6 Å². The summed E-state index contributed by atoms with van der Waals surface area (Å²) in [7, 11) is 4.77. The van der Waals surface area contributed by atoms with Crippen LogP contribution in [0.3, 0.4) is 0 Å². The molecule has 5 heterocycles. The molecule has 0 amide bonds. The van der Waals surface area contributed by atoms with Gasteiger partial charge in [-0.15, -0.1) is 0 Å². The van der Waals surface area contributed by atoms with E-state index in [0.717, 1.165) is 110 Å². The zero-order valence-electron chi connectivity index (χ0n) is 44.1. The van der Waals surface area contributed by atoms with E-state index in [1.165, 1.54) is 22.3 Å². The molecule has 0 atom stereocenters. The Bertz CT molecular complexity index is 4100. The molecule has 0 unspecified atom stereocenters. The summed E-state index contributed by atoms with van der Waals surface area (Å²) in [6.45, 7) is 27.0. The first-order valence-electron chi connectivity index (χ1n) is 25.4. The fourth-order valence-electron chi connectivity index (χ4n) is 10.5. The predicted molar refractivity (Wildman–Crippen MR) is 310 cm³/mol. The molecule has 10 heteroatoms. The van der Waals surface area contributed by atoms with Crippen LogP contribution >= 0.6 is 8.58 Å². The Morgan fingerprint density at radius 3 is 0.757 bits per heavy atom. The number of nitrogens with zero attached hydrogens (tertiary/aromatic N) is 8. The van der Waals surface area contributed by atoms with E-state index in [-0.39, 0.29) is 21.7 Å². The average Bonchev–Trinajstić information content (AvgIpc) is 4.07. The molecule has 2 aliphatic rings. The van der Waals surface area contributed by atoms with E-state index in [1.807, 2.05) is 0 Å². The second-order valence-electron chi connectivity index (χ2n) is 24.3. The first kappa shape index (κ1) is 48.3. The van der Waals surface area contributed by atoms with Crippen LogP contribution < -0.4 is 9.97 Å². The number of aromatic nitrogens is 8. The zero-order valence-corrected chi connectivity index (χ0v) is 48.1. The molecule has 2 radical (unpaired) electrons. The van der Waals surface area contributed by atoms with Crippen molar-refractivity contribution in [1.82, 2.24) is 39.9 Å². The van der Waals surface area contributed by atoms with Crippen LogP contribution in [0, 0.1) is 0 Å². The fraction of sp³-hybridized carbons (Fsp3) is 0.250. The Labute approximate surface area is 449 Å². The third-order valence-electron chi connectivity index (χ3n) is 15.0. The number of hydrogen-bond donors (Lipinski definition) is 0. The minimum absolute atomic E-state index is 0.0320. The SMILES string of the molecule is CC(C)(C)c1ccc2cc3c(cc2c1)-c1nc-3nc2[n-]c(nc3nc(nc4[n-]c(n1)c1cc5ccc(C(C)(C)C)cc5cc41)-c1cc4ccc(C(C)(C)C)cc4cc1-3)c1cc3ccc(C(C)(C)C)cc3cc21.[Cl][In]. The van der Waals surface area contributed by atoms with E-state index >= 15 is 0 Å². The molecule has 0 saturated carbocycles. The van der Waals surface area contributed by atoms with E-state index in [2.05, 4.69) is 204 Å². The Morgan fingerprint density at radius 2 is 0.500 bits per heavy atom. The number of benzene rings is 8. The molecule has 0 fully saturated rings. The molecule has 8 nitrogen and oxygen atoms in total. The maximum absolute atomic E-state index is 5.43. The van der Waals surface area contributed by atoms with Crippen molar-refractivity contribution >= 4 is 119 Å². The second kappa shape index (κ2) is 16.9. The molecule has 74 heavy (non-hydrogen) atoms. The number of fused-ring (bicyclic) bond motifs is 24. The van der Waals surface area contributed by atoms with Crippen LogP contribution in [0.4, 0.5) is 0 Å². The average molecular weight is 1090 g/mol. The molecule has 0 saturated heterocycles. The summed E-state index contributed by atoms with van der Waals surface area (Å²) in [5.74, 6) is 2.14. The van der Waals surface area contributed by atoms with Gasteiger partial charge in [0, 0.05) is 44.8 Å². The van der Waals surface area contributed by atoms with Crippen molar-refractivity contribution in [1.29, 1.82) is 0 Å². The van der Waals surface area contributed by atoms with Crippen LogP contribution in [0.2, 0.25) is 0 Å². The molecule has 0 aliphatic carbocycles. The topological polar surface area (TPSA) is 106 Å². The van der Waals surface area contributed by atoms with Crippen LogP contribution in [0.15, 0.2) is 121 Å². The summed E-state index contributed by atoms with van der Waals surface area (Å²) in [4.78, 5) is 43.0. The second-order valence-corrected chi connectivity index (χ2v) is 24.3.